The lowest BCUT2D eigenvalue weighted by molar-refractivity contribution is -0.153. The van der Waals surface area contributed by atoms with Crippen LogP contribution in [0.4, 0.5) is 0 Å². The minimum Gasteiger partial charge on any atom is -0.461 e. The van der Waals surface area contributed by atoms with Crippen LogP contribution in [0.15, 0.2) is 65.8 Å². The number of azide groups is 1. The third kappa shape index (κ3) is 6.37. The van der Waals surface area contributed by atoms with Crippen molar-refractivity contribution in [3.63, 3.8) is 0 Å². The Balaban J connectivity index is -0.000000249. The average Bonchev–Trinajstić information content (AvgIpc) is 3.02. The highest BCUT2D eigenvalue weighted by molar-refractivity contribution is 5.82. The molecule has 0 bridgehead atoms. The van der Waals surface area contributed by atoms with Crippen molar-refractivity contribution in [1.82, 2.24) is 0 Å². The lowest BCUT2D eigenvalue weighted by atomic mass is 10.2. The van der Waals surface area contributed by atoms with Crippen molar-refractivity contribution >= 4 is 11.9 Å². The molecule has 0 saturated carbocycles. The molecule has 0 saturated heterocycles. The van der Waals surface area contributed by atoms with Gasteiger partial charge in [0.05, 0.1) is 6.42 Å². The van der Waals surface area contributed by atoms with Gasteiger partial charge in [-0.25, -0.2) is 0 Å². The minimum atomic E-state index is -1.25. The number of hydrogen-bond acceptors (Lipinski definition) is 5. The molecule has 0 aromatic heterocycles. The Hall–Kier alpha value is -3.31. The Morgan fingerprint density at radius 1 is 1.00 bits per heavy atom. The highest BCUT2D eigenvalue weighted by atomic mass is 16.5. The van der Waals surface area contributed by atoms with Gasteiger partial charge in [0, 0.05) is 22.7 Å². The molecular formula is C18H29N3O4. The standard InChI is InChI=1S/C18H17N3O4.6H2/c19-21-20-16(18(23)25-13-15-9-5-2-6-10-15)11-17(22)24-12-14-7-3-1-4-8-14;;;;;;/h1-10,16H,11-13H2;6*1H/t16-;;;;;;/m0....../s1/i;6*1+1D. The van der Waals surface area contributed by atoms with E-state index in [0.717, 1.165) is 11.1 Å². The minimum absolute atomic E-state index is 0.0379. The summed E-state index contributed by atoms with van der Waals surface area (Å²) in [5, 5.41) is 3.34. The fraction of sp³-hybridized carbons (Fsp3) is 0.222. The van der Waals surface area contributed by atoms with Crippen LogP contribution >= 0.6 is 0 Å². The van der Waals surface area contributed by atoms with E-state index in [2.05, 4.69) is 10.0 Å². The normalized spacial score (nSPS) is 13.0. The quantitative estimate of drug-likeness (QED) is 0.284. The summed E-state index contributed by atoms with van der Waals surface area (Å²) in [7, 11) is 0. The zero-order valence-corrected chi connectivity index (χ0v) is 13.4. The van der Waals surface area contributed by atoms with E-state index < -0.39 is 18.0 Å². The van der Waals surface area contributed by atoms with Gasteiger partial charge in [-0.05, 0) is 16.7 Å². The second-order valence-electron chi connectivity index (χ2n) is 5.16. The van der Waals surface area contributed by atoms with Crippen LogP contribution in [0.25, 0.3) is 10.4 Å². The van der Waals surface area contributed by atoms with E-state index in [1.807, 2.05) is 48.5 Å². The number of carbonyl (C=O) groups excluding carboxylic acids is 2. The number of nitrogens with zero attached hydrogens (tertiary/aromatic N) is 3. The van der Waals surface area contributed by atoms with E-state index in [0.29, 0.717) is 0 Å². The van der Waals surface area contributed by atoms with E-state index in [4.69, 9.17) is 32.8 Å². The summed E-state index contributed by atoms with van der Waals surface area (Å²) in [6, 6.07) is 16.9. The van der Waals surface area contributed by atoms with E-state index >= 15 is 0 Å². The average molecular weight is 364 g/mol. The number of benzene rings is 2. The summed E-state index contributed by atoms with van der Waals surface area (Å²) >= 11 is 0. The van der Waals surface area contributed by atoms with Gasteiger partial charge in [-0.3, -0.25) is 9.59 Å². The van der Waals surface area contributed by atoms with Gasteiger partial charge < -0.3 is 9.47 Å². The molecule has 0 radical (unpaired) electrons. The fourth-order valence-corrected chi connectivity index (χ4v) is 2.01. The van der Waals surface area contributed by atoms with Crippen molar-refractivity contribution in [3.8, 4) is 0 Å². The molecule has 7 heteroatoms. The van der Waals surface area contributed by atoms with E-state index in [1.54, 1.807) is 12.1 Å². The van der Waals surface area contributed by atoms with Crippen LogP contribution in [0.2, 0.25) is 0 Å². The van der Waals surface area contributed by atoms with Crippen molar-refractivity contribution in [2.24, 2.45) is 5.11 Å². The number of carbonyl (C=O) groups is 2. The summed E-state index contributed by atoms with van der Waals surface area (Å²) in [6.45, 7) is 0.123. The third-order valence-corrected chi connectivity index (χ3v) is 3.29. The van der Waals surface area contributed by atoms with Crippen molar-refractivity contribution in [2.75, 3.05) is 0 Å². The van der Waals surface area contributed by atoms with Crippen LogP contribution in [0.3, 0.4) is 0 Å². The summed E-state index contributed by atoms with van der Waals surface area (Å²) in [5.74, 6) is -1.41. The first-order valence-corrected chi connectivity index (χ1v) is 7.63. The van der Waals surface area contributed by atoms with Gasteiger partial charge in [0.2, 0.25) is 0 Å². The van der Waals surface area contributed by atoms with Crippen molar-refractivity contribution in [2.45, 2.75) is 25.7 Å². The maximum absolute atomic E-state index is 12.0. The van der Waals surface area contributed by atoms with Gasteiger partial charge in [-0.15, -0.1) is 0 Å². The predicted octanol–water partition coefficient (Wildman–Crippen LogP) is 5.02. The maximum Gasteiger partial charge on any atom is 0.315 e. The molecule has 0 aliphatic rings. The highest BCUT2D eigenvalue weighted by Gasteiger charge is 2.23. The first-order valence-electron chi connectivity index (χ1n) is 13.6. The van der Waals surface area contributed by atoms with Crippen LogP contribution in [0.5, 0.6) is 0 Å². The Bertz CT molecular complexity index is 777. The van der Waals surface area contributed by atoms with E-state index in [1.165, 1.54) is 0 Å². The molecule has 2 aromatic carbocycles. The van der Waals surface area contributed by atoms with Crippen molar-refractivity contribution in [1.29, 1.82) is 0 Å². The summed E-state index contributed by atoms with van der Waals surface area (Å²) in [4.78, 5) is 26.5. The fourth-order valence-electron chi connectivity index (χ4n) is 2.01. The summed E-state index contributed by atoms with van der Waals surface area (Å²) < 4.78 is 70.2. The van der Waals surface area contributed by atoms with Gasteiger partial charge in [0.1, 0.15) is 19.3 Å². The monoisotopic (exact) mass is 363 g/mol. The van der Waals surface area contributed by atoms with Crippen LogP contribution in [-0.2, 0) is 32.3 Å². The maximum atomic E-state index is 12.0. The van der Waals surface area contributed by atoms with Gasteiger partial charge in [-0.2, -0.15) is 0 Å². The Morgan fingerprint density at radius 3 is 2.04 bits per heavy atom. The highest BCUT2D eigenvalue weighted by Crippen LogP contribution is 2.09. The zero-order chi connectivity index (χ0) is 29.9. The Labute approximate surface area is 163 Å². The molecule has 2 aromatic rings. The Morgan fingerprint density at radius 2 is 1.52 bits per heavy atom. The third-order valence-electron chi connectivity index (χ3n) is 3.29. The molecule has 0 heterocycles. The first-order chi connectivity index (χ1) is 18.2. The number of esters is 2. The topological polar surface area (TPSA) is 101 Å². The molecule has 0 fully saturated rings. The Kier molecular flexibility index (Phi) is 4.40. The van der Waals surface area contributed by atoms with Gasteiger partial charge >= 0.3 is 11.9 Å². The molecule has 0 N–H and O–H groups in total. The largest absolute Gasteiger partial charge is 0.461 e. The van der Waals surface area contributed by atoms with Crippen LogP contribution in [0.1, 0.15) is 35.4 Å². The SMILES string of the molecule is [2H][2H].[2H][2H].[2H][2H].[2H][2H].[2H][2H].[2H][2H].[N-]=[N+]=N[C@@H](CC(=O)OCc1ccccc1)C(=O)OCc1ccccc1. The molecule has 25 heavy (non-hydrogen) atoms. The molecule has 0 unspecified atom stereocenters. The number of ether oxygens (including phenoxy) is 2. The second kappa shape index (κ2) is 9.75. The molecule has 0 spiro atoms. The number of rotatable bonds is 8. The molecule has 2 rings (SSSR count). The van der Waals surface area contributed by atoms with Crippen LogP contribution in [0, 0.1) is 0 Å². The van der Waals surface area contributed by atoms with Gasteiger partial charge in [-0.1, -0.05) is 65.8 Å². The van der Waals surface area contributed by atoms with Gasteiger partial charge in [0.25, 0.3) is 0 Å². The van der Waals surface area contributed by atoms with Crippen molar-refractivity contribution in [3.05, 3.63) is 82.2 Å². The summed E-state index contributed by atoms with van der Waals surface area (Å²) in [6.07, 6.45) is -0.371. The molecule has 7 nitrogen and oxygen atoms in total. The molecule has 1 atom stereocenters. The first kappa shape index (κ1) is 11.3. The number of hydrogen-bond donors (Lipinski definition) is 0. The molecule has 0 aliphatic heterocycles. The zero-order valence-electron chi connectivity index (χ0n) is 25.4. The van der Waals surface area contributed by atoms with Gasteiger partial charge in [0.15, 0.2) is 0 Å². The molecule has 140 valence electrons. The second-order valence-corrected chi connectivity index (χ2v) is 5.16. The summed E-state index contributed by atoms with van der Waals surface area (Å²) in [5.41, 5.74) is 10.2. The predicted molar refractivity (Wildman–Crippen MR) is 103 cm³/mol. The smallest absolute Gasteiger partial charge is 0.315 e. The van der Waals surface area contributed by atoms with Crippen LogP contribution in [-0.4, -0.2) is 18.0 Å². The van der Waals surface area contributed by atoms with E-state index in [9.17, 15) is 9.59 Å². The van der Waals surface area contributed by atoms with Crippen molar-refractivity contribution < 1.29 is 36.9 Å². The van der Waals surface area contributed by atoms with E-state index in [-0.39, 0.29) is 19.6 Å². The lowest BCUT2D eigenvalue weighted by Gasteiger charge is -2.11. The lowest BCUT2D eigenvalue weighted by Crippen LogP contribution is -2.25. The molecule has 0 amide bonds. The van der Waals surface area contributed by atoms with Crippen LogP contribution < -0.4 is 0 Å². The molecular weight excluding hydrogens is 322 g/mol. The molecule has 0 aliphatic carbocycles.